The summed E-state index contributed by atoms with van der Waals surface area (Å²) < 4.78 is 13.7. The smallest absolute Gasteiger partial charge is 0.198 e. The van der Waals surface area contributed by atoms with Crippen molar-refractivity contribution in [3.05, 3.63) is 94.3 Å². The third-order valence-electron chi connectivity index (χ3n) is 6.80. The van der Waals surface area contributed by atoms with E-state index in [0.717, 1.165) is 11.1 Å². The van der Waals surface area contributed by atoms with Crippen LogP contribution in [0.2, 0.25) is 0 Å². The molecule has 7 heteroatoms. The van der Waals surface area contributed by atoms with Crippen molar-refractivity contribution in [3.63, 3.8) is 0 Å². The van der Waals surface area contributed by atoms with Crippen LogP contribution in [0.25, 0.3) is 0 Å². The molecule has 1 aliphatic heterocycles. The first kappa shape index (κ1) is 21.6. The number of Topliss-reactive ketones (excluding diaryl/α,β-unsaturated/α-hetero) is 2. The lowest BCUT2D eigenvalue weighted by Gasteiger charge is -2.43. The molecule has 33 heavy (non-hydrogen) atoms. The molecule has 0 bridgehead atoms. The molecular weight excluding hydrogens is 419 g/mol. The molecule has 2 heterocycles. The van der Waals surface area contributed by atoms with Gasteiger partial charge in [-0.1, -0.05) is 30.3 Å². The van der Waals surface area contributed by atoms with Crippen molar-refractivity contribution in [2.75, 3.05) is 26.2 Å². The normalized spacial score (nSPS) is 18.5. The van der Waals surface area contributed by atoms with Crippen molar-refractivity contribution < 1.29 is 14.0 Å². The zero-order valence-electron chi connectivity index (χ0n) is 18.7. The van der Waals surface area contributed by atoms with Crippen molar-refractivity contribution in [1.29, 1.82) is 0 Å². The van der Waals surface area contributed by atoms with Crippen molar-refractivity contribution in [3.8, 4) is 0 Å². The van der Waals surface area contributed by atoms with Gasteiger partial charge in [0.15, 0.2) is 17.1 Å². The van der Waals surface area contributed by atoms with Gasteiger partial charge >= 0.3 is 0 Å². The molecule has 1 saturated heterocycles. The van der Waals surface area contributed by atoms with Crippen LogP contribution in [-0.4, -0.2) is 57.5 Å². The summed E-state index contributed by atoms with van der Waals surface area (Å²) in [7, 11) is 0. The fraction of sp³-hybridized carbons (Fsp3) is 0.308. The Hall–Kier alpha value is -3.29. The molecule has 0 saturated carbocycles. The number of ketones is 2. The van der Waals surface area contributed by atoms with Gasteiger partial charge in [0.1, 0.15) is 12.1 Å². The van der Waals surface area contributed by atoms with Gasteiger partial charge in [-0.3, -0.25) is 19.4 Å². The molecule has 6 nitrogen and oxygen atoms in total. The molecule has 2 aromatic carbocycles. The van der Waals surface area contributed by atoms with E-state index in [1.807, 2.05) is 18.7 Å². The number of piperazine rings is 1. The van der Waals surface area contributed by atoms with E-state index in [9.17, 15) is 14.0 Å². The first-order valence-corrected chi connectivity index (χ1v) is 11.1. The van der Waals surface area contributed by atoms with E-state index in [0.29, 0.717) is 55.2 Å². The number of aryl methyl sites for hydroxylation is 2. The van der Waals surface area contributed by atoms with Gasteiger partial charge in [-0.05, 0) is 43.2 Å². The summed E-state index contributed by atoms with van der Waals surface area (Å²) in [5.41, 5.74) is 2.53. The summed E-state index contributed by atoms with van der Waals surface area (Å²) in [6.07, 6.45) is 1.42. The Bertz CT molecular complexity index is 1220. The molecule has 1 aliphatic carbocycles. The second kappa shape index (κ2) is 8.24. The Labute approximate surface area is 192 Å². The third-order valence-corrected chi connectivity index (χ3v) is 6.80. The van der Waals surface area contributed by atoms with Crippen LogP contribution in [0.15, 0.2) is 54.9 Å². The Morgan fingerprint density at radius 3 is 2.21 bits per heavy atom. The maximum absolute atomic E-state index is 13.8. The Balaban J connectivity index is 1.47. The molecule has 2 aliphatic rings. The summed E-state index contributed by atoms with van der Waals surface area (Å²) in [4.78, 5) is 40.4. The number of nitrogens with zero attached hydrogens (tertiary/aromatic N) is 4. The van der Waals surface area contributed by atoms with Gasteiger partial charge in [-0.25, -0.2) is 14.4 Å². The predicted octanol–water partition coefficient (Wildman–Crippen LogP) is 3.32. The molecule has 5 rings (SSSR count). The molecule has 1 fully saturated rings. The van der Waals surface area contributed by atoms with Crippen LogP contribution in [0.3, 0.4) is 0 Å². The number of carbonyl (C=O) groups excluding carboxylic acids is 2. The minimum atomic E-state index is -1.47. The van der Waals surface area contributed by atoms with E-state index >= 15 is 0 Å². The van der Waals surface area contributed by atoms with Gasteiger partial charge in [-0.2, -0.15) is 0 Å². The molecule has 0 radical (unpaired) electrons. The molecule has 0 N–H and O–H groups in total. The van der Waals surface area contributed by atoms with Crippen LogP contribution >= 0.6 is 0 Å². The average Bonchev–Trinajstić information content (AvgIpc) is 3.05. The predicted molar refractivity (Wildman–Crippen MR) is 122 cm³/mol. The fourth-order valence-electron chi connectivity index (χ4n) is 5.00. The molecule has 1 aromatic heterocycles. The van der Waals surface area contributed by atoms with Crippen LogP contribution in [-0.2, 0) is 12.1 Å². The monoisotopic (exact) mass is 444 g/mol. The van der Waals surface area contributed by atoms with Crippen LogP contribution in [0.5, 0.6) is 0 Å². The molecule has 0 atom stereocenters. The summed E-state index contributed by atoms with van der Waals surface area (Å²) in [5, 5.41) is 0. The van der Waals surface area contributed by atoms with Crippen LogP contribution in [0.1, 0.15) is 43.2 Å². The Morgan fingerprint density at radius 1 is 0.909 bits per heavy atom. The van der Waals surface area contributed by atoms with Gasteiger partial charge in [0.2, 0.25) is 0 Å². The van der Waals surface area contributed by atoms with E-state index in [-0.39, 0.29) is 17.4 Å². The highest BCUT2D eigenvalue weighted by molar-refractivity contribution is 6.32. The van der Waals surface area contributed by atoms with Crippen LogP contribution in [0.4, 0.5) is 4.39 Å². The van der Waals surface area contributed by atoms with E-state index in [2.05, 4.69) is 14.9 Å². The summed E-state index contributed by atoms with van der Waals surface area (Å²) in [6.45, 7) is 6.77. The molecule has 0 unspecified atom stereocenters. The number of carbonyl (C=O) groups is 2. The van der Waals surface area contributed by atoms with Crippen LogP contribution in [0, 0.1) is 19.7 Å². The SMILES string of the molecule is Cc1cc(C2(N3CCN(Cc4cc(F)ccc4C)CC3)C(=O)c3ccccc3C2=O)ncn1. The van der Waals surface area contributed by atoms with Crippen molar-refractivity contribution in [2.45, 2.75) is 25.9 Å². The number of aromatic nitrogens is 2. The first-order chi connectivity index (χ1) is 15.9. The zero-order chi connectivity index (χ0) is 23.2. The lowest BCUT2D eigenvalue weighted by molar-refractivity contribution is 0.0266. The standard InChI is InChI=1S/C26H25FN4O2/c1-17-7-8-20(27)14-19(17)15-30-9-11-31(12-10-30)26(23-13-18(2)28-16-29-23)24(32)21-5-3-4-6-22(21)25(26)33/h3-8,13-14,16H,9-12,15H2,1-2H3. The molecule has 168 valence electrons. The Morgan fingerprint density at radius 2 is 1.58 bits per heavy atom. The van der Waals surface area contributed by atoms with Crippen molar-refractivity contribution in [2.24, 2.45) is 0 Å². The van der Waals surface area contributed by atoms with Gasteiger partial charge in [-0.15, -0.1) is 0 Å². The molecule has 0 spiro atoms. The fourth-order valence-corrected chi connectivity index (χ4v) is 5.00. The zero-order valence-corrected chi connectivity index (χ0v) is 18.7. The topological polar surface area (TPSA) is 66.4 Å². The highest BCUT2D eigenvalue weighted by atomic mass is 19.1. The lowest BCUT2D eigenvalue weighted by Crippen LogP contribution is -2.60. The van der Waals surface area contributed by atoms with E-state index in [4.69, 9.17) is 0 Å². The number of fused-ring (bicyclic) bond motifs is 1. The van der Waals surface area contributed by atoms with Gasteiger partial charge in [0, 0.05) is 49.5 Å². The number of hydrogen-bond donors (Lipinski definition) is 0. The largest absolute Gasteiger partial charge is 0.297 e. The first-order valence-electron chi connectivity index (χ1n) is 11.1. The maximum Gasteiger partial charge on any atom is 0.198 e. The highest BCUT2D eigenvalue weighted by Gasteiger charge is 2.59. The van der Waals surface area contributed by atoms with Crippen molar-refractivity contribution in [1.82, 2.24) is 19.8 Å². The summed E-state index contributed by atoms with van der Waals surface area (Å²) in [6, 6.07) is 13.6. The number of halogens is 1. The van der Waals surface area contributed by atoms with E-state index in [1.54, 1.807) is 42.5 Å². The van der Waals surface area contributed by atoms with E-state index in [1.165, 1.54) is 12.4 Å². The minimum absolute atomic E-state index is 0.226. The quantitative estimate of drug-likeness (QED) is 0.575. The third kappa shape index (κ3) is 3.48. The van der Waals surface area contributed by atoms with Gasteiger partial charge < -0.3 is 0 Å². The van der Waals surface area contributed by atoms with E-state index < -0.39 is 5.54 Å². The number of rotatable bonds is 4. The Kier molecular flexibility index (Phi) is 5.38. The lowest BCUT2D eigenvalue weighted by atomic mass is 9.85. The minimum Gasteiger partial charge on any atom is -0.297 e. The number of benzene rings is 2. The molecule has 3 aromatic rings. The second-order valence-corrected chi connectivity index (χ2v) is 8.79. The van der Waals surface area contributed by atoms with Gasteiger partial charge in [0.05, 0.1) is 5.69 Å². The van der Waals surface area contributed by atoms with Crippen molar-refractivity contribution >= 4 is 11.6 Å². The number of hydrogen-bond acceptors (Lipinski definition) is 6. The van der Waals surface area contributed by atoms with Gasteiger partial charge in [0.25, 0.3) is 0 Å². The summed E-state index contributed by atoms with van der Waals surface area (Å²) in [5.74, 6) is -0.696. The molecule has 0 amide bonds. The van der Waals surface area contributed by atoms with Crippen LogP contribution < -0.4 is 0 Å². The highest BCUT2D eigenvalue weighted by Crippen LogP contribution is 2.42. The average molecular weight is 445 g/mol. The summed E-state index contributed by atoms with van der Waals surface area (Å²) >= 11 is 0. The maximum atomic E-state index is 13.8. The molecular formula is C26H25FN4O2. The second-order valence-electron chi connectivity index (χ2n) is 8.79.